The van der Waals surface area contributed by atoms with Gasteiger partial charge < -0.3 is 9.47 Å². The van der Waals surface area contributed by atoms with Crippen molar-refractivity contribution in [3.8, 4) is 5.75 Å². The Labute approximate surface area is 142 Å². The van der Waals surface area contributed by atoms with Crippen LogP contribution in [0.25, 0.3) is 21.5 Å². The van der Waals surface area contributed by atoms with E-state index < -0.39 is 6.16 Å². The summed E-state index contributed by atoms with van der Waals surface area (Å²) in [6, 6.07) is 14.4. The van der Waals surface area contributed by atoms with Crippen LogP contribution in [-0.2, 0) is 4.74 Å². The minimum Gasteiger partial charge on any atom is -0.434 e. The molecule has 3 rings (SSSR count). The number of carbonyl (C=O) groups excluding carboxylic acids is 1. The molecule has 3 heteroatoms. The van der Waals surface area contributed by atoms with E-state index >= 15 is 0 Å². The highest BCUT2D eigenvalue weighted by atomic mass is 16.7. The molecule has 0 radical (unpaired) electrons. The molecule has 0 atom stereocenters. The Balaban J connectivity index is 2.12. The van der Waals surface area contributed by atoms with Gasteiger partial charge in [0.25, 0.3) is 0 Å². The first kappa shape index (κ1) is 16.3. The van der Waals surface area contributed by atoms with Crippen molar-refractivity contribution in [3.63, 3.8) is 0 Å². The number of carbonyl (C=O) groups is 1. The third-order valence-corrected chi connectivity index (χ3v) is 4.20. The molecule has 0 fully saturated rings. The molecule has 3 aromatic carbocycles. The zero-order valence-corrected chi connectivity index (χ0v) is 14.4. The Bertz CT molecular complexity index is 896. The van der Waals surface area contributed by atoms with Gasteiger partial charge in [0, 0.05) is 10.8 Å². The summed E-state index contributed by atoms with van der Waals surface area (Å²) >= 11 is 0. The van der Waals surface area contributed by atoms with Crippen LogP contribution in [-0.4, -0.2) is 12.8 Å². The van der Waals surface area contributed by atoms with E-state index in [4.69, 9.17) is 9.47 Å². The van der Waals surface area contributed by atoms with Gasteiger partial charge in [0.05, 0.1) is 6.61 Å². The molecule has 0 aromatic heterocycles. The maximum absolute atomic E-state index is 12.1. The van der Waals surface area contributed by atoms with E-state index in [9.17, 15) is 4.79 Å². The van der Waals surface area contributed by atoms with E-state index in [1.165, 1.54) is 5.56 Å². The first-order chi connectivity index (χ1) is 11.6. The number of rotatable bonds is 4. The molecule has 24 heavy (non-hydrogen) atoms. The highest BCUT2D eigenvalue weighted by Gasteiger charge is 2.15. The van der Waals surface area contributed by atoms with Crippen molar-refractivity contribution in [1.82, 2.24) is 0 Å². The summed E-state index contributed by atoms with van der Waals surface area (Å²) in [5.74, 6) is 0.585. The van der Waals surface area contributed by atoms with Crippen molar-refractivity contribution in [1.29, 1.82) is 0 Å². The molecule has 0 bridgehead atoms. The Hall–Kier alpha value is -2.55. The van der Waals surface area contributed by atoms with Crippen molar-refractivity contribution in [2.45, 2.75) is 33.6 Å². The second-order valence-corrected chi connectivity index (χ2v) is 6.16. The SMILES string of the molecule is CCCCOC(=O)Oc1c2ccc(C)cc2cc2cccc(C)c12. The average Bonchev–Trinajstić information content (AvgIpc) is 2.54. The van der Waals surface area contributed by atoms with Crippen LogP contribution in [0.4, 0.5) is 4.79 Å². The fourth-order valence-corrected chi connectivity index (χ4v) is 2.95. The van der Waals surface area contributed by atoms with Crippen LogP contribution in [0.2, 0.25) is 0 Å². The fraction of sp³-hybridized carbons (Fsp3) is 0.286. The van der Waals surface area contributed by atoms with Crippen molar-refractivity contribution >= 4 is 27.7 Å². The largest absolute Gasteiger partial charge is 0.513 e. The van der Waals surface area contributed by atoms with E-state index in [1.54, 1.807) is 0 Å². The van der Waals surface area contributed by atoms with Gasteiger partial charge in [-0.25, -0.2) is 4.79 Å². The number of fused-ring (bicyclic) bond motifs is 2. The molecule has 0 saturated heterocycles. The Morgan fingerprint density at radius 3 is 2.67 bits per heavy atom. The summed E-state index contributed by atoms with van der Waals surface area (Å²) in [6.45, 7) is 6.52. The first-order valence-corrected chi connectivity index (χ1v) is 8.37. The molecule has 0 amide bonds. The zero-order chi connectivity index (χ0) is 17.1. The van der Waals surface area contributed by atoms with Crippen LogP contribution in [0.5, 0.6) is 5.75 Å². The quantitative estimate of drug-likeness (QED) is 0.259. The lowest BCUT2D eigenvalue weighted by molar-refractivity contribution is 0.0988. The van der Waals surface area contributed by atoms with Crippen molar-refractivity contribution in [3.05, 3.63) is 53.6 Å². The van der Waals surface area contributed by atoms with Crippen molar-refractivity contribution in [2.24, 2.45) is 0 Å². The molecule has 0 heterocycles. The van der Waals surface area contributed by atoms with Crippen LogP contribution in [0.1, 0.15) is 30.9 Å². The molecule has 0 aliphatic heterocycles. The molecule has 0 aliphatic carbocycles. The van der Waals surface area contributed by atoms with Crippen molar-refractivity contribution in [2.75, 3.05) is 6.61 Å². The third-order valence-electron chi connectivity index (χ3n) is 4.20. The second kappa shape index (κ2) is 6.91. The molecular weight excluding hydrogens is 300 g/mol. The minimum atomic E-state index is -0.638. The Kier molecular flexibility index (Phi) is 4.70. The van der Waals surface area contributed by atoms with Gasteiger partial charge in [0.2, 0.25) is 0 Å². The van der Waals surface area contributed by atoms with Gasteiger partial charge in [0.15, 0.2) is 0 Å². The van der Waals surface area contributed by atoms with E-state index in [0.717, 1.165) is 39.9 Å². The van der Waals surface area contributed by atoms with Gasteiger partial charge >= 0.3 is 6.16 Å². The highest BCUT2D eigenvalue weighted by Crippen LogP contribution is 2.37. The summed E-state index contributed by atoms with van der Waals surface area (Å²) < 4.78 is 10.8. The third kappa shape index (κ3) is 3.21. The van der Waals surface area contributed by atoms with Gasteiger partial charge in [-0.2, -0.15) is 0 Å². The molecule has 0 spiro atoms. The van der Waals surface area contributed by atoms with Gasteiger partial charge in [-0.3, -0.25) is 0 Å². The van der Waals surface area contributed by atoms with Gasteiger partial charge in [-0.15, -0.1) is 0 Å². The van der Waals surface area contributed by atoms with Gasteiger partial charge in [0.1, 0.15) is 5.75 Å². The smallest absolute Gasteiger partial charge is 0.434 e. The van der Waals surface area contributed by atoms with E-state index in [2.05, 4.69) is 26.0 Å². The number of hydrogen-bond donors (Lipinski definition) is 0. The van der Waals surface area contributed by atoms with E-state index in [-0.39, 0.29) is 0 Å². The molecule has 3 nitrogen and oxygen atoms in total. The lowest BCUT2D eigenvalue weighted by atomic mass is 9.98. The first-order valence-electron chi connectivity index (χ1n) is 8.37. The highest BCUT2D eigenvalue weighted by molar-refractivity contribution is 6.07. The fourth-order valence-electron chi connectivity index (χ4n) is 2.95. The zero-order valence-electron chi connectivity index (χ0n) is 14.4. The van der Waals surface area contributed by atoms with Crippen LogP contribution in [0.15, 0.2) is 42.5 Å². The lowest BCUT2D eigenvalue weighted by Crippen LogP contribution is -2.12. The maximum Gasteiger partial charge on any atom is 0.513 e. The minimum absolute atomic E-state index is 0.385. The standard InChI is InChI=1S/C21H22O3/c1-4-5-11-23-21(22)24-20-18-10-9-14(2)12-17(18)13-16-8-6-7-15(3)19(16)20/h6-10,12-13H,4-5,11H2,1-3H3. The Morgan fingerprint density at radius 2 is 1.88 bits per heavy atom. The predicted molar refractivity (Wildman–Crippen MR) is 97.8 cm³/mol. The predicted octanol–water partition coefficient (Wildman–Crippen LogP) is 5.93. The van der Waals surface area contributed by atoms with Gasteiger partial charge in [-0.1, -0.05) is 55.3 Å². The average molecular weight is 322 g/mol. The summed E-state index contributed by atoms with van der Waals surface area (Å²) in [4.78, 5) is 12.1. The summed E-state index contributed by atoms with van der Waals surface area (Å²) in [5, 5.41) is 4.00. The number of aryl methyl sites for hydroxylation is 2. The second-order valence-electron chi connectivity index (χ2n) is 6.16. The molecule has 0 unspecified atom stereocenters. The Morgan fingerprint density at radius 1 is 1.04 bits per heavy atom. The number of unbranched alkanes of at least 4 members (excludes halogenated alkanes) is 1. The van der Waals surface area contributed by atoms with E-state index in [0.29, 0.717) is 12.4 Å². The number of hydrogen-bond acceptors (Lipinski definition) is 3. The molecule has 124 valence electrons. The van der Waals surface area contributed by atoms with Crippen LogP contribution in [0, 0.1) is 13.8 Å². The molecule has 0 aliphatic rings. The molecule has 0 saturated carbocycles. The molecular formula is C21H22O3. The summed E-state index contributed by atoms with van der Waals surface area (Å²) in [6.07, 6.45) is 1.17. The van der Waals surface area contributed by atoms with Crippen LogP contribution < -0.4 is 4.74 Å². The van der Waals surface area contributed by atoms with Crippen LogP contribution in [0.3, 0.4) is 0 Å². The maximum atomic E-state index is 12.1. The monoisotopic (exact) mass is 322 g/mol. The number of benzene rings is 3. The molecule has 3 aromatic rings. The topological polar surface area (TPSA) is 35.5 Å². The van der Waals surface area contributed by atoms with E-state index in [1.807, 2.05) is 37.3 Å². The summed E-state index contributed by atoms with van der Waals surface area (Å²) in [7, 11) is 0. The number of ether oxygens (including phenoxy) is 2. The van der Waals surface area contributed by atoms with Gasteiger partial charge in [-0.05, 0) is 42.7 Å². The lowest BCUT2D eigenvalue weighted by Gasteiger charge is -2.14. The van der Waals surface area contributed by atoms with Crippen molar-refractivity contribution < 1.29 is 14.3 Å². The normalized spacial score (nSPS) is 11.0. The van der Waals surface area contributed by atoms with Crippen LogP contribution >= 0.6 is 0 Å². The summed E-state index contributed by atoms with van der Waals surface area (Å²) in [5.41, 5.74) is 2.25. The molecule has 0 N–H and O–H groups in total.